The lowest BCUT2D eigenvalue weighted by molar-refractivity contribution is 0.0701. The van der Waals surface area contributed by atoms with E-state index in [2.05, 4.69) is 52.7 Å². The second-order valence-electron chi connectivity index (χ2n) is 6.65. The van der Waals surface area contributed by atoms with Gasteiger partial charge in [-0.2, -0.15) is 0 Å². The van der Waals surface area contributed by atoms with Gasteiger partial charge in [-0.25, -0.2) is 4.79 Å². The minimum atomic E-state index is -1.33. The van der Waals surface area contributed by atoms with Crippen molar-refractivity contribution < 1.29 is 9.90 Å². The maximum atomic E-state index is 10.8. The molecule has 2 N–H and O–H groups in total. The minimum Gasteiger partial charge on any atom is -0.477 e. The number of carbonyl (C=O) groups is 1. The second kappa shape index (κ2) is 7.95. The summed E-state index contributed by atoms with van der Waals surface area (Å²) in [4.78, 5) is 11.3. The van der Waals surface area contributed by atoms with Crippen molar-refractivity contribution in [1.29, 1.82) is 0 Å². The van der Waals surface area contributed by atoms with E-state index >= 15 is 0 Å². The van der Waals surface area contributed by atoms with E-state index in [4.69, 9.17) is 5.11 Å². The van der Waals surface area contributed by atoms with Gasteiger partial charge >= 0.3 is 5.97 Å². The summed E-state index contributed by atoms with van der Waals surface area (Å²) in [6, 6.07) is 3.28. The highest BCUT2D eigenvalue weighted by Crippen LogP contribution is 2.17. The van der Waals surface area contributed by atoms with E-state index in [1.165, 1.54) is 15.8 Å². The first-order chi connectivity index (χ1) is 8.95. The molecule has 0 fully saturated rings. The normalized spacial score (nSPS) is 11.5. The molecule has 1 rings (SSSR count). The van der Waals surface area contributed by atoms with Crippen LogP contribution in [0.2, 0.25) is 19.6 Å². The van der Waals surface area contributed by atoms with Crippen molar-refractivity contribution in [3.05, 3.63) is 16.5 Å². The molecule has 0 amide bonds. The Balaban J connectivity index is 0.000000441. The monoisotopic (exact) mass is 315 g/mol. The summed E-state index contributed by atoms with van der Waals surface area (Å²) in [5, 5.41) is 12.2. The first-order valence-corrected chi connectivity index (χ1v) is 11.4. The summed E-state index contributed by atoms with van der Waals surface area (Å²) in [5.41, 5.74) is 0.898. The van der Waals surface area contributed by atoms with Gasteiger partial charge in [0.15, 0.2) is 0 Å². The van der Waals surface area contributed by atoms with Crippen LogP contribution < -0.4 is 9.82 Å². The third-order valence-corrected chi connectivity index (χ3v) is 7.32. The molecule has 0 aliphatic carbocycles. The van der Waals surface area contributed by atoms with Crippen LogP contribution in [0.15, 0.2) is 6.07 Å². The molecule has 116 valence electrons. The molecule has 0 aromatic carbocycles. The number of nitrogens with one attached hydrogen (secondary N) is 1. The van der Waals surface area contributed by atoms with Gasteiger partial charge in [0.2, 0.25) is 0 Å². The molecule has 0 aliphatic heterocycles. The number of carboxylic acid groups (broad SMARTS) is 1. The van der Waals surface area contributed by atoms with Gasteiger partial charge in [-0.1, -0.05) is 47.3 Å². The predicted molar refractivity (Wildman–Crippen MR) is 92.4 cm³/mol. The molecule has 0 radical (unpaired) electrons. The van der Waals surface area contributed by atoms with Crippen LogP contribution in [-0.2, 0) is 0 Å². The Bertz CT molecular complexity index is 428. The smallest absolute Gasteiger partial charge is 0.346 e. The molecule has 5 heteroatoms. The highest BCUT2D eigenvalue weighted by molar-refractivity contribution is 7.27. The van der Waals surface area contributed by atoms with Crippen molar-refractivity contribution in [2.75, 3.05) is 0 Å². The minimum absolute atomic E-state index is 0.498. The molecule has 3 nitrogen and oxygen atoms in total. The molecule has 1 aromatic heterocycles. The molecule has 0 spiro atoms. The van der Waals surface area contributed by atoms with Crippen LogP contribution in [0.4, 0.5) is 0 Å². The first kappa shape index (κ1) is 19.3. The Kier molecular flexibility index (Phi) is 7.69. The summed E-state index contributed by atoms with van der Waals surface area (Å²) in [6.07, 6.45) is 0. The number of rotatable bonds is 4. The van der Waals surface area contributed by atoms with Crippen molar-refractivity contribution in [2.24, 2.45) is 0 Å². The Morgan fingerprint density at radius 1 is 1.20 bits per heavy atom. The molecule has 0 unspecified atom stereocenters. The Morgan fingerprint density at radius 3 is 1.80 bits per heavy atom. The maximum absolute atomic E-state index is 10.8. The van der Waals surface area contributed by atoms with E-state index < -0.39 is 14.0 Å². The molecule has 1 heterocycles. The summed E-state index contributed by atoms with van der Waals surface area (Å²) in [5.74, 6) is -0.799. The van der Waals surface area contributed by atoms with E-state index in [1.54, 1.807) is 0 Å². The van der Waals surface area contributed by atoms with E-state index in [9.17, 15) is 4.79 Å². The average Bonchev–Trinajstić information content (AvgIpc) is 2.58. The third kappa shape index (κ3) is 7.22. The van der Waals surface area contributed by atoms with Crippen LogP contribution >= 0.6 is 11.3 Å². The SMILES string of the molecule is CC(C)NC(C)C.Cc1cc([Si](C)(C)C)sc1C(=O)O. The van der Waals surface area contributed by atoms with Gasteiger partial charge in [-0.15, -0.1) is 11.3 Å². The largest absolute Gasteiger partial charge is 0.477 e. The Hall–Kier alpha value is -0.653. The van der Waals surface area contributed by atoms with Gasteiger partial charge < -0.3 is 10.4 Å². The standard InChI is InChI=1S/C9H14O2SSi.C6H15N/c1-6-5-7(13(2,3)4)12-8(6)9(10)11;1-5(2)7-6(3)4/h5H,1-4H3,(H,10,11);5-7H,1-4H3. The quantitative estimate of drug-likeness (QED) is 0.833. The molecule has 1 aromatic rings. The van der Waals surface area contributed by atoms with Crippen molar-refractivity contribution in [1.82, 2.24) is 5.32 Å². The van der Waals surface area contributed by atoms with Gasteiger partial charge in [-0.3, -0.25) is 0 Å². The van der Waals surface area contributed by atoms with Gasteiger partial charge in [0.25, 0.3) is 0 Å². The van der Waals surface area contributed by atoms with Crippen LogP contribution in [0, 0.1) is 6.92 Å². The van der Waals surface area contributed by atoms with Gasteiger partial charge in [-0.05, 0) is 23.1 Å². The highest BCUT2D eigenvalue weighted by atomic mass is 32.1. The molecule has 0 saturated heterocycles. The number of aryl methyl sites for hydroxylation is 1. The fraction of sp³-hybridized carbons (Fsp3) is 0.667. The molecule has 0 saturated carbocycles. The van der Waals surface area contributed by atoms with Crippen LogP contribution in [0.3, 0.4) is 0 Å². The van der Waals surface area contributed by atoms with Gasteiger partial charge in [0.1, 0.15) is 4.88 Å². The predicted octanol–water partition coefficient (Wildman–Crippen LogP) is 3.69. The molecular weight excluding hydrogens is 286 g/mol. The molecular formula is C15H29NO2SSi. The van der Waals surface area contributed by atoms with Gasteiger partial charge in [0.05, 0.1) is 8.07 Å². The number of hydrogen-bond donors (Lipinski definition) is 2. The van der Waals surface area contributed by atoms with E-state index in [-0.39, 0.29) is 0 Å². The lowest BCUT2D eigenvalue weighted by Gasteiger charge is -2.11. The third-order valence-electron chi connectivity index (χ3n) is 2.52. The zero-order chi connectivity index (χ0) is 16.1. The number of hydrogen-bond acceptors (Lipinski definition) is 3. The first-order valence-electron chi connectivity index (χ1n) is 7.05. The molecule has 0 aliphatic rings. The molecule has 0 atom stereocenters. The molecule has 20 heavy (non-hydrogen) atoms. The Morgan fingerprint density at radius 2 is 1.65 bits per heavy atom. The molecule has 0 bridgehead atoms. The van der Waals surface area contributed by atoms with Crippen LogP contribution in [0.25, 0.3) is 0 Å². The zero-order valence-corrected chi connectivity index (χ0v) is 15.8. The highest BCUT2D eigenvalue weighted by Gasteiger charge is 2.22. The fourth-order valence-electron chi connectivity index (χ4n) is 1.73. The zero-order valence-electron chi connectivity index (χ0n) is 14.0. The topological polar surface area (TPSA) is 49.3 Å². The number of carboxylic acids is 1. The number of aromatic carboxylic acids is 1. The Labute approximate surface area is 128 Å². The summed E-state index contributed by atoms with van der Waals surface area (Å²) in [6.45, 7) is 17.2. The summed E-state index contributed by atoms with van der Waals surface area (Å²) < 4.78 is 1.27. The lowest BCUT2D eigenvalue weighted by atomic mass is 10.3. The maximum Gasteiger partial charge on any atom is 0.346 e. The van der Waals surface area contributed by atoms with Crippen LogP contribution in [0.5, 0.6) is 0 Å². The summed E-state index contributed by atoms with van der Waals surface area (Å²) in [7, 11) is -1.33. The van der Waals surface area contributed by atoms with E-state index in [0.29, 0.717) is 17.0 Å². The summed E-state index contributed by atoms with van der Waals surface area (Å²) >= 11 is 1.44. The van der Waals surface area contributed by atoms with Crippen molar-refractivity contribution in [3.8, 4) is 0 Å². The average molecular weight is 316 g/mol. The lowest BCUT2D eigenvalue weighted by Crippen LogP contribution is -2.34. The van der Waals surface area contributed by atoms with Crippen molar-refractivity contribution >= 4 is 29.9 Å². The van der Waals surface area contributed by atoms with E-state index in [0.717, 1.165) is 5.56 Å². The van der Waals surface area contributed by atoms with Crippen LogP contribution in [-0.4, -0.2) is 31.2 Å². The van der Waals surface area contributed by atoms with Gasteiger partial charge in [0, 0.05) is 12.1 Å². The van der Waals surface area contributed by atoms with Crippen molar-refractivity contribution in [2.45, 2.75) is 66.3 Å². The van der Waals surface area contributed by atoms with E-state index in [1.807, 2.05) is 13.0 Å². The number of thiophene rings is 1. The second-order valence-corrected chi connectivity index (χ2v) is 13.1. The fourth-order valence-corrected chi connectivity index (χ4v) is 4.67. The van der Waals surface area contributed by atoms with Crippen molar-refractivity contribution in [3.63, 3.8) is 0 Å². The van der Waals surface area contributed by atoms with Crippen LogP contribution in [0.1, 0.15) is 42.9 Å².